The highest BCUT2D eigenvalue weighted by Gasteiger charge is 2.18. The molecule has 130 valence electrons. The Bertz CT molecular complexity index is 403. The van der Waals surface area contributed by atoms with Gasteiger partial charge in [0.05, 0.1) is 6.61 Å². The summed E-state index contributed by atoms with van der Waals surface area (Å²) < 4.78 is 5.14. The number of hydrogen-bond acceptors (Lipinski definition) is 3. The lowest BCUT2D eigenvalue weighted by atomic mass is 10.1. The molecule has 0 saturated heterocycles. The maximum Gasteiger partial charge on any atom is 0.339 e. The molecule has 3 heteroatoms. The van der Waals surface area contributed by atoms with Gasteiger partial charge in [-0.05, 0) is 12.0 Å². The average molecular weight is 320 g/mol. The second-order valence-electron chi connectivity index (χ2n) is 6.16. The first-order valence-corrected chi connectivity index (χ1v) is 9.15. The summed E-state index contributed by atoms with van der Waals surface area (Å²) in [5.41, 5.74) is 0.584. The zero-order chi connectivity index (χ0) is 16.8. The predicted molar refractivity (Wildman–Crippen MR) is 94.2 cm³/mol. The van der Waals surface area contributed by atoms with Gasteiger partial charge in [0.1, 0.15) is 0 Å². The highest BCUT2D eigenvalue weighted by atomic mass is 16.5. The molecule has 1 atom stereocenters. The third-order valence-electron chi connectivity index (χ3n) is 4.08. The van der Waals surface area contributed by atoms with Gasteiger partial charge in [-0.25, -0.2) is 4.79 Å². The third kappa shape index (κ3) is 9.39. The molecular formula is C20H32O3. The number of carbonyl (C=O) groups is 1. The molecule has 1 aromatic rings. The summed E-state index contributed by atoms with van der Waals surface area (Å²) in [4.78, 5) is 11.7. The van der Waals surface area contributed by atoms with Crippen molar-refractivity contribution < 1.29 is 14.6 Å². The minimum Gasteiger partial charge on any atom is -0.464 e. The second-order valence-corrected chi connectivity index (χ2v) is 6.16. The first-order valence-electron chi connectivity index (χ1n) is 9.15. The van der Waals surface area contributed by atoms with Gasteiger partial charge in [0.15, 0.2) is 6.10 Å². The van der Waals surface area contributed by atoms with E-state index in [4.69, 9.17) is 4.74 Å². The average Bonchev–Trinajstić information content (AvgIpc) is 2.59. The standard InChI is InChI=1S/C20H32O3/c1-2-3-4-5-6-7-8-9-10-14-17-23-20(22)19(21)18-15-12-11-13-16-18/h11-13,15-16,19,21H,2-10,14,17H2,1H3. The minimum absolute atomic E-state index is 0.402. The third-order valence-corrected chi connectivity index (χ3v) is 4.08. The molecular weight excluding hydrogens is 288 g/mol. The number of hydrogen-bond donors (Lipinski definition) is 1. The molecule has 3 nitrogen and oxygen atoms in total. The maximum absolute atomic E-state index is 11.7. The molecule has 23 heavy (non-hydrogen) atoms. The van der Waals surface area contributed by atoms with Gasteiger partial charge in [0.25, 0.3) is 0 Å². The molecule has 0 aliphatic heterocycles. The van der Waals surface area contributed by atoms with Crippen LogP contribution >= 0.6 is 0 Å². The van der Waals surface area contributed by atoms with E-state index in [0.29, 0.717) is 12.2 Å². The summed E-state index contributed by atoms with van der Waals surface area (Å²) in [6, 6.07) is 8.91. The van der Waals surface area contributed by atoms with Crippen molar-refractivity contribution in [1.82, 2.24) is 0 Å². The van der Waals surface area contributed by atoms with Crippen molar-refractivity contribution in [3.05, 3.63) is 35.9 Å². The van der Waals surface area contributed by atoms with E-state index in [0.717, 1.165) is 12.8 Å². The number of esters is 1. The quantitative estimate of drug-likeness (QED) is 0.402. The molecule has 0 aliphatic carbocycles. The zero-order valence-electron chi connectivity index (χ0n) is 14.5. The van der Waals surface area contributed by atoms with Gasteiger partial charge in [-0.1, -0.05) is 95.0 Å². The minimum atomic E-state index is -1.17. The zero-order valence-corrected chi connectivity index (χ0v) is 14.5. The van der Waals surface area contributed by atoms with Crippen molar-refractivity contribution in [1.29, 1.82) is 0 Å². The number of carbonyl (C=O) groups excluding carboxylic acids is 1. The lowest BCUT2D eigenvalue weighted by molar-refractivity contribution is -0.154. The molecule has 0 spiro atoms. The lowest BCUT2D eigenvalue weighted by Crippen LogP contribution is -2.16. The Morgan fingerprint density at radius 1 is 0.913 bits per heavy atom. The molecule has 0 aromatic heterocycles. The van der Waals surface area contributed by atoms with E-state index in [-0.39, 0.29) is 0 Å². The lowest BCUT2D eigenvalue weighted by Gasteiger charge is -2.10. The van der Waals surface area contributed by atoms with Crippen LogP contribution < -0.4 is 0 Å². The Kier molecular flexibility index (Phi) is 11.2. The molecule has 0 saturated carbocycles. The fourth-order valence-electron chi connectivity index (χ4n) is 2.61. The van der Waals surface area contributed by atoms with Gasteiger partial charge < -0.3 is 9.84 Å². The largest absolute Gasteiger partial charge is 0.464 e. The van der Waals surface area contributed by atoms with Gasteiger partial charge in [0, 0.05) is 0 Å². The van der Waals surface area contributed by atoms with Gasteiger partial charge >= 0.3 is 5.97 Å². The van der Waals surface area contributed by atoms with Gasteiger partial charge in [0.2, 0.25) is 0 Å². The molecule has 0 amide bonds. The second kappa shape index (κ2) is 13.1. The van der Waals surface area contributed by atoms with Crippen LogP contribution in [0, 0.1) is 0 Å². The molecule has 1 unspecified atom stereocenters. The van der Waals surface area contributed by atoms with E-state index >= 15 is 0 Å². The summed E-state index contributed by atoms with van der Waals surface area (Å²) >= 11 is 0. The summed E-state index contributed by atoms with van der Waals surface area (Å²) in [6.45, 7) is 2.64. The Balaban J connectivity index is 1.95. The van der Waals surface area contributed by atoms with E-state index in [2.05, 4.69) is 6.92 Å². The Morgan fingerprint density at radius 2 is 1.43 bits per heavy atom. The van der Waals surface area contributed by atoms with Crippen LogP contribution in [0.1, 0.15) is 82.8 Å². The van der Waals surface area contributed by atoms with Crippen LogP contribution in [0.4, 0.5) is 0 Å². The summed E-state index contributed by atoms with van der Waals surface area (Å²) in [5, 5.41) is 9.88. The van der Waals surface area contributed by atoms with Gasteiger partial charge in [-0.15, -0.1) is 0 Å². The summed E-state index contributed by atoms with van der Waals surface area (Å²) in [5.74, 6) is -0.549. The Hall–Kier alpha value is -1.35. The fourth-order valence-corrected chi connectivity index (χ4v) is 2.61. The van der Waals surface area contributed by atoms with Crippen LogP contribution in [0.25, 0.3) is 0 Å². The van der Waals surface area contributed by atoms with Crippen molar-refractivity contribution in [2.45, 2.75) is 77.2 Å². The summed E-state index contributed by atoms with van der Waals surface area (Å²) in [6.07, 6.45) is 11.3. The van der Waals surface area contributed by atoms with Crippen LogP contribution in [0.2, 0.25) is 0 Å². The van der Waals surface area contributed by atoms with E-state index in [1.807, 2.05) is 6.07 Å². The topological polar surface area (TPSA) is 46.5 Å². The smallest absolute Gasteiger partial charge is 0.339 e. The highest BCUT2D eigenvalue weighted by Crippen LogP contribution is 2.14. The molecule has 0 radical (unpaired) electrons. The first-order chi connectivity index (χ1) is 11.3. The van der Waals surface area contributed by atoms with Gasteiger partial charge in [-0.3, -0.25) is 0 Å². The van der Waals surface area contributed by atoms with Crippen molar-refractivity contribution >= 4 is 5.97 Å². The van der Waals surface area contributed by atoms with E-state index in [9.17, 15) is 9.90 Å². The van der Waals surface area contributed by atoms with Crippen molar-refractivity contribution in [2.24, 2.45) is 0 Å². The summed E-state index contributed by atoms with van der Waals surface area (Å²) in [7, 11) is 0. The van der Waals surface area contributed by atoms with Crippen LogP contribution in [0.5, 0.6) is 0 Å². The van der Waals surface area contributed by atoms with Crippen LogP contribution in [-0.2, 0) is 9.53 Å². The van der Waals surface area contributed by atoms with E-state index < -0.39 is 12.1 Å². The molecule has 0 bridgehead atoms. The number of rotatable bonds is 13. The van der Waals surface area contributed by atoms with Crippen LogP contribution in [-0.4, -0.2) is 17.7 Å². The SMILES string of the molecule is CCCCCCCCCCCCOC(=O)C(O)c1ccccc1. The molecule has 0 aliphatic rings. The molecule has 0 fully saturated rings. The van der Waals surface area contributed by atoms with Crippen molar-refractivity contribution in [2.75, 3.05) is 6.61 Å². The number of unbranched alkanes of at least 4 members (excludes halogenated alkanes) is 9. The number of ether oxygens (including phenoxy) is 1. The molecule has 0 heterocycles. The highest BCUT2D eigenvalue weighted by molar-refractivity contribution is 5.76. The fraction of sp³-hybridized carbons (Fsp3) is 0.650. The van der Waals surface area contributed by atoms with Gasteiger partial charge in [-0.2, -0.15) is 0 Å². The normalized spacial score (nSPS) is 12.1. The molecule has 1 N–H and O–H groups in total. The predicted octanol–water partition coefficient (Wildman–Crippen LogP) is 5.18. The Morgan fingerprint density at radius 3 is 2.00 bits per heavy atom. The van der Waals surface area contributed by atoms with E-state index in [1.165, 1.54) is 51.4 Å². The number of aliphatic hydroxyl groups excluding tert-OH is 1. The first kappa shape index (κ1) is 19.7. The monoisotopic (exact) mass is 320 g/mol. The Labute approximate surface area is 141 Å². The maximum atomic E-state index is 11.7. The van der Waals surface area contributed by atoms with E-state index in [1.54, 1.807) is 24.3 Å². The number of benzene rings is 1. The molecule has 1 aromatic carbocycles. The van der Waals surface area contributed by atoms with Crippen molar-refractivity contribution in [3.8, 4) is 0 Å². The van der Waals surface area contributed by atoms with Crippen LogP contribution in [0.15, 0.2) is 30.3 Å². The number of aliphatic hydroxyl groups is 1. The van der Waals surface area contributed by atoms with Crippen LogP contribution in [0.3, 0.4) is 0 Å². The van der Waals surface area contributed by atoms with Crippen molar-refractivity contribution in [3.63, 3.8) is 0 Å². The molecule has 1 rings (SSSR count).